The summed E-state index contributed by atoms with van der Waals surface area (Å²) in [6, 6.07) is 7.07. The summed E-state index contributed by atoms with van der Waals surface area (Å²) in [4.78, 5) is 23.3. The van der Waals surface area contributed by atoms with E-state index >= 15 is 0 Å². The molecule has 0 atom stereocenters. The zero-order chi connectivity index (χ0) is 17.2. The highest BCUT2D eigenvalue weighted by Gasteiger charge is 2.12. The molecule has 0 saturated carbocycles. The van der Waals surface area contributed by atoms with E-state index in [2.05, 4.69) is 10.6 Å². The molecule has 1 aromatic carbocycles. The molecule has 0 aromatic heterocycles. The molecule has 7 heteroatoms. The Hall–Kier alpha value is -3.01. The van der Waals surface area contributed by atoms with Crippen LogP contribution in [0.2, 0.25) is 0 Å². The van der Waals surface area contributed by atoms with E-state index in [9.17, 15) is 9.59 Å². The lowest BCUT2D eigenvalue weighted by Crippen LogP contribution is -2.22. The molecule has 0 spiro atoms. The number of carbonyl (C=O) groups excluding carboxylic acids is 2. The van der Waals surface area contributed by atoms with Gasteiger partial charge in [-0.3, -0.25) is 9.59 Å². The zero-order valence-corrected chi connectivity index (χ0v) is 13.3. The van der Waals surface area contributed by atoms with Crippen molar-refractivity contribution >= 4 is 17.6 Å². The number of amides is 1. The summed E-state index contributed by atoms with van der Waals surface area (Å²) in [5.41, 5.74) is 1.23. The predicted molar refractivity (Wildman–Crippen MR) is 84.7 cm³/mol. The van der Waals surface area contributed by atoms with Crippen LogP contribution in [-0.4, -0.2) is 32.1 Å². The number of nitrogens with one attached hydrogen (secondary N) is 2. The van der Waals surface area contributed by atoms with Gasteiger partial charge in [-0.25, -0.2) is 0 Å². The Bertz CT molecular complexity index is 647. The molecule has 23 heavy (non-hydrogen) atoms. The highest BCUT2D eigenvalue weighted by molar-refractivity contribution is 6.07. The molecule has 7 nitrogen and oxygen atoms in total. The molecule has 0 fully saturated rings. The van der Waals surface area contributed by atoms with Crippen molar-refractivity contribution in [1.29, 1.82) is 5.26 Å². The van der Waals surface area contributed by atoms with Crippen LogP contribution in [0.15, 0.2) is 30.0 Å². The third-order valence-corrected chi connectivity index (χ3v) is 2.77. The SMILES string of the molecule is CCOC(=O)CN/C=C(/C#N)C(=O)Nc1cc(C)ccc1OC. The van der Waals surface area contributed by atoms with Gasteiger partial charge in [-0.1, -0.05) is 6.07 Å². The molecule has 0 bridgehead atoms. The Labute approximate surface area is 134 Å². The number of esters is 1. The Kier molecular flexibility index (Phi) is 7.14. The number of carbonyl (C=O) groups is 2. The second kappa shape index (κ2) is 9.10. The maximum absolute atomic E-state index is 12.1. The fourth-order valence-electron chi connectivity index (χ4n) is 1.71. The summed E-state index contributed by atoms with van der Waals surface area (Å²) in [5.74, 6) is -0.588. The molecular weight excluding hydrogens is 298 g/mol. The minimum absolute atomic E-state index is 0.125. The Balaban J connectivity index is 2.76. The summed E-state index contributed by atoms with van der Waals surface area (Å²) in [5, 5.41) is 14.2. The molecule has 0 aliphatic carbocycles. The number of nitriles is 1. The summed E-state index contributed by atoms with van der Waals surface area (Å²) >= 11 is 0. The number of ether oxygens (including phenoxy) is 2. The van der Waals surface area contributed by atoms with Crippen molar-refractivity contribution in [3.63, 3.8) is 0 Å². The van der Waals surface area contributed by atoms with Gasteiger partial charge in [0, 0.05) is 6.20 Å². The molecule has 122 valence electrons. The first kappa shape index (κ1) is 18.0. The Morgan fingerprint density at radius 3 is 2.74 bits per heavy atom. The lowest BCUT2D eigenvalue weighted by molar-refractivity contribution is -0.141. The van der Waals surface area contributed by atoms with Crippen molar-refractivity contribution in [2.45, 2.75) is 13.8 Å². The normalized spacial score (nSPS) is 10.4. The smallest absolute Gasteiger partial charge is 0.325 e. The number of aryl methyl sites for hydroxylation is 1. The molecule has 0 unspecified atom stereocenters. The minimum Gasteiger partial charge on any atom is -0.495 e. The zero-order valence-electron chi connectivity index (χ0n) is 13.3. The first-order valence-corrected chi connectivity index (χ1v) is 6.97. The third kappa shape index (κ3) is 5.71. The number of hydrogen-bond donors (Lipinski definition) is 2. The van der Waals surface area contributed by atoms with Crippen LogP contribution in [0.4, 0.5) is 5.69 Å². The molecule has 2 N–H and O–H groups in total. The van der Waals surface area contributed by atoms with Crippen molar-refractivity contribution in [3.8, 4) is 11.8 Å². The Morgan fingerprint density at radius 2 is 2.13 bits per heavy atom. The van der Waals surface area contributed by atoms with Crippen LogP contribution in [0.25, 0.3) is 0 Å². The molecule has 0 heterocycles. The number of nitrogens with zero attached hydrogens (tertiary/aromatic N) is 1. The van der Waals surface area contributed by atoms with Gasteiger partial charge in [-0.2, -0.15) is 5.26 Å². The summed E-state index contributed by atoms with van der Waals surface area (Å²) in [6.07, 6.45) is 1.18. The highest BCUT2D eigenvalue weighted by atomic mass is 16.5. The number of hydrogen-bond acceptors (Lipinski definition) is 6. The van der Waals surface area contributed by atoms with Gasteiger partial charge in [-0.05, 0) is 31.5 Å². The van der Waals surface area contributed by atoms with Crippen molar-refractivity contribution in [2.75, 3.05) is 25.6 Å². The maximum Gasteiger partial charge on any atom is 0.325 e. The van der Waals surface area contributed by atoms with Crippen LogP contribution in [0.5, 0.6) is 5.75 Å². The average molecular weight is 317 g/mol. The first-order chi connectivity index (χ1) is 11.0. The van der Waals surface area contributed by atoms with Crippen LogP contribution in [0, 0.1) is 18.3 Å². The van der Waals surface area contributed by atoms with Crippen molar-refractivity contribution < 1.29 is 19.1 Å². The van der Waals surface area contributed by atoms with E-state index in [-0.39, 0.29) is 18.7 Å². The van der Waals surface area contributed by atoms with Gasteiger partial charge >= 0.3 is 5.97 Å². The molecule has 1 amide bonds. The van der Waals surface area contributed by atoms with Gasteiger partial charge in [0.1, 0.15) is 23.9 Å². The van der Waals surface area contributed by atoms with Gasteiger partial charge in [0.25, 0.3) is 5.91 Å². The lowest BCUT2D eigenvalue weighted by Gasteiger charge is -2.10. The second-order valence-electron chi connectivity index (χ2n) is 4.51. The highest BCUT2D eigenvalue weighted by Crippen LogP contribution is 2.25. The topological polar surface area (TPSA) is 100 Å². The van der Waals surface area contributed by atoms with Gasteiger partial charge in [-0.15, -0.1) is 0 Å². The van der Waals surface area contributed by atoms with Gasteiger partial charge < -0.3 is 20.1 Å². The van der Waals surface area contributed by atoms with Crippen molar-refractivity contribution in [2.24, 2.45) is 0 Å². The number of methoxy groups -OCH3 is 1. The van der Waals surface area contributed by atoms with E-state index < -0.39 is 11.9 Å². The standard InChI is InChI=1S/C16H19N3O4/c1-4-23-15(20)10-18-9-12(8-17)16(21)19-13-7-11(2)5-6-14(13)22-3/h5-7,9,18H,4,10H2,1-3H3,(H,19,21)/b12-9-. The fourth-order valence-corrected chi connectivity index (χ4v) is 1.71. The van der Waals surface area contributed by atoms with Crippen molar-refractivity contribution in [3.05, 3.63) is 35.5 Å². The monoisotopic (exact) mass is 317 g/mol. The lowest BCUT2D eigenvalue weighted by atomic mass is 10.2. The van der Waals surface area contributed by atoms with Gasteiger partial charge in [0.05, 0.1) is 19.4 Å². The summed E-state index contributed by atoms with van der Waals surface area (Å²) in [7, 11) is 1.49. The van der Waals surface area contributed by atoms with Crippen LogP contribution in [0.3, 0.4) is 0 Å². The number of anilines is 1. The molecular formula is C16H19N3O4. The van der Waals surface area contributed by atoms with E-state index in [1.54, 1.807) is 25.1 Å². The molecule has 1 aromatic rings. The maximum atomic E-state index is 12.1. The quantitative estimate of drug-likeness (QED) is 0.449. The van der Waals surface area contributed by atoms with E-state index in [0.717, 1.165) is 5.56 Å². The number of benzene rings is 1. The average Bonchev–Trinajstić information content (AvgIpc) is 2.52. The second-order valence-corrected chi connectivity index (χ2v) is 4.51. The number of rotatable bonds is 7. The summed E-state index contributed by atoms with van der Waals surface area (Å²) in [6.45, 7) is 3.71. The molecule has 0 saturated heterocycles. The molecule has 0 aliphatic rings. The van der Waals surface area contributed by atoms with E-state index in [1.807, 2.05) is 13.0 Å². The predicted octanol–water partition coefficient (Wildman–Crippen LogP) is 1.50. The van der Waals surface area contributed by atoms with Crippen LogP contribution in [-0.2, 0) is 14.3 Å². The van der Waals surface area contributed by atoms with Gasteiger partial charge in [0.2, 0.25) is 0 Å². The van der Waals surface area contributed by atoms with Crippen LogP contribution in [0.1, 0.15) is 12.5 Å². The van der Waals surface area contributed by atoms with Crippen molar-refractivity contribution in [1.82, 2.24) is 5.32 Å². The third-order valence-electron chi connectivity index (χ3n) is 2.77. The molecule has 1 rings (SSSR count). The molecule has 0 aliphatic heterocycles. The Morgan fingerprint density at radius 1 is 1.39 bits per heavy atom. The largest absolute Gasteiger partial charge is 0.495 e. The first-order valence-electron chi connectivity index (χ1n) is 6.97. The summed E-state index contributed by atoms with van der Waals surface area (Å²) < 4.78 is 9.89. The fraction of sp³-hybridized carbons (Fsp3) is 0.312. The van der Waals surface area contributed by atoms with Gasteiger partial charge in [0.15, 0.2) is 0 Å². The minimum atomic E-state index is -0.604. The van der Waals surface area contributed by atoms with E-state index in [0.29, 0.717) is 11.4 Å². The van der Waals surface area contributed by atoms with E-state index in [1.165, 1.54) is 13.3 Å². The van der Waals surface area contributed by atoms with Crippen LogP contribution >= 0.6 is 0 Å². The van der Waals surface area contributed by atoms with Crippen LogP contribution < -0.4 is 15.4 Å². The molecule has 0 radical (unpaired) electrons. The van der Waals surface area contributed by atoms with E-state index in [4.69, 9.17) is 14.7 Å².